The summed E-state index contributed by atoms with van der Waals surface area (Å²) in [6, 6.07) is 20.7. The van der Waals surface area contributed by atoms with Gasteiger partial charge in [-0.1, -0.05) is 49.4 Å². The van der Waals surface area contributed by atoms with E-state index >= 15 is 0 Å². The van der Waals surface area contributed by atoms with Gasteiger partial charge in [-0.3, -0.25) is 14.6 Å². The van der Waals surface area contributed by atoms with Gasteiger partial charge in [-0.2, -0.15) is 10.1 Å². The fourth-order valence-corrected chi connectivity index (χ4v) is 3.51. The van der Waals surface area contributed by atoms with Crippen LogP contribution in [0.2, 0.25) is 0 Å². The molecule has 1 unspecified atom stereocenters. The number of benzene rings is 2. The summed E-state index contributed by atoms with van der Waals surface area (Å²) < 4.78 is 0. The van der Waals surface area contributed by atoms with Crippen LogP contribution in [-0.2, 0) is 22.4 Å². The number of pyridine rings is 1. The highest BCUT2D eigenvalue weighted by Gasteiger charge is 2.41. The highest BCUT2D eigenvalue weighted by molar-refractivity contribution is 6.32. The molecule has 0 fully saturated rings. The zero-order valence-corrected chi connectivity index (χ0v) is 16.2. The number of carbonyl (C=O) groups is 2. The Labute approximate surface area is 169 Å². The monoisotopic (exact) mass is 383 g/mol. The smallest absolute Gasteiger partial charge is 0.264 e. The lowest BCUT2D eigenvalue weighted by atomic mass is 9.89. The third-order valence-electron chi connectivity index (χ3n) is 5.01. The molecule has 5 nitrogen and oxygen atoms in total. The predicted octanol–water partition coefficient (Wildman–Crippen LogP) is 3.82. The third-order valence-corrected chi connectivity index (χ3v) is 5.01. The molecule has 1 aromatic heterocycles. The van der Waals surface area contributed by atoms with E-state index in [1.165, 1.54) is 10.6 Å². The van der Waals surface area contributed by atoms with E-state index in [0.29, 0.717) is 11.4 Å². The average molecular weight is 383 g/mol. The molecule has 1 amide bonds. The molecule has 3 aromatic rings. The zero-order chi connectivity index (χ0) is 20.2. The van der Waals surface area contributed by atoms with E-state index in [1.807, 2.05) is 54.6 Å². The molecule has 2 heterocycles. The summed E-state index contributed by atoms with van der Waals surface area (Å²) in [4.78, 5) is 30.5. The van der Waals surface area contributed by atoms with E-state index in [4.69, 9.17) is 0 Å². The fourth-order valence-electron chi connectivity index (χ4n) is 3.51. The molecule has 4 rings (SSSR count). The van der Waals surface area contributed by atoms with Gasteiger partial charge in [-0.05, 0) is 41.8 Å². The van der Waals surface area contributed by atoms with Crippen LogP contribution in [0.1, 0.15) is 23.6 Å². The molecule has 0 N–H and O–H groups in total. The van der Waals surface area contributed by atoms with Gasteiger partial charge in [0.1, 0.15) is 5.92 Å². The summed E-state index contributed by atoms with van der Waals surface area (Å²) in [5, 5.41) is 5.87. The number of anilines is 1. The highest BCUT2D eigenvalue weighted by Crippen LogP contribution is 2.28. The number of Topliss-reactive ketones (excluding diaryl/α,β-unsaturated/α-hetero) is 1. The van der Waals surface area contributed by atoms with Crippen molar-refractivity contribution in [1.29, 1.82) is 0 Å². The molecule has 0 saturated heterocycles. The minimum atomic E-state index is -0.928. The first-order valence-electron chi connectivity index (χ1n) is 9.66. The van der Waals surface area contributed by atoms with Crippen LogP contribution in [0.5, 0.6) is 0 Å². The number of carbonyl (C=O) groups excluding carboxylic acids is 2. The molecular weight excluding hydrogens is 362 g/mol. The summed E-state index contributed by atoms with van der Waals surface area (Å²) in [5.74, 6) is -1.40. The van der Waals surface area contributed by atoms with Crippen molar-refractivity contribution in [2.45, 2.75) is 19.8 Å². The predicted molar refractivity (Wildman–Crippen MR) is 113 cm³/mol. The molecule has 0 aliphatic carbocycles. The van der Waals surface area contributed by atoms with Crippen molar-refractivity contribution < 1.29 is 9.59 Å². The Morgan fingerprint density at radius 2 is 1.69 bits per heavy atom. The van der Waals surface area contributed by atoms with E-state index in [0.717, 1.165) is 17.5 Å². The first-order chi connectivity index (χ1) is 14.2. The average Bonchev–Trinajstić information content (AvgIpc) is 3.12. The van der Waals surface area contributed by atoms with Crippen molar-refractivity contribution in [3.8, 4) is 0 Å². The largest absolute Gasteiger partial charge is 0.298 e. The summed E-state index contributed by atoms with van der Waals surface area (Å²) in [7, 11) is 0. The molecule has 144 valence electrons. The Morgan fingerprint density at radius 3 is 2.41 bits per heavy atom. The Bertz CT molecular complexity index is 1060. The topological polar surface area (TPSA) is 62.6 Å². The second kappa shape index (κ2) is 8.19. The number of amides is 1. The van der Waals surface area contributed by atoms with E-state index in [2.05, 4.69) is 17.0 Å². The summed E-state index contributed by atoms with van der Waals surface area (Å²) in [5.41, 5.74) is 3.93. The Kier molecular flexibility index (Phi) is 5.29. The molecule has 1 aliphatic rings. The number of ketones is 1. The van der Waals surface area contributed by atoms with Crippen LogP contribution in [0, 0.1) is 5.92 Å². The van der Waals surface area contributed by atoms with Crippen LogP contribution in [-0.4, -0.2) is 22.4 Å². The SMILES string of the molecule is CCc1cccc(CC(=O)C2C(=O)N(c3ccccc3)N=C2c2ccncc2)c1. The molecule has 29 heavy (non-hydrogen) atoms. The number of aromatic nitrogens is 1. The van der Waals surface area contributed by atoms with Crippen LogP contribution < -0.4 is 5.01 Å². The quantitative estimate of drug-likeness (QED) is 0.608. The molecule has 5 heteroatoms. The third kappa shape index (κ3) is 3.85. The normalized spacial score (nSPS) is 16.0. The minimum absolute atomic E-state index is 0.155. The van der Waals surface area contributed by atoms with Crippen LogP contribution >= 0.6 is 0 Å². The summed E-state index contributed by atoms with van der Waals surface area (Å²) in [6.07, 6.45) is 4.37. The van der Waals surface area contributed by atoms with Gasteiger partial charge in [-0.15, -0.1) is 0 Å². The number of hydrogen-bond acceptors (Lipinski definition) is 4. The van der Waals surface area contributed by atoms with Crippen molar-refractivity contribution in [3.05, 3.63) is 95.8 Å². The summed E-state index contributed by atoms with van der Waals surface area (Å²) >= 11 is 0. The summed E-state index contributed by atoms with van der Waals surface area (Å²) in [6.45, 7) is 2.08. The Hall–Kier alpha value is -3.60. The van der Waals surface area contributed by atoms with E-state index in [1.54, 1.807) is 24.5 Å². The number of nitrogens with zero attached hydrogens (tertiary/aromatic N) is 3. The lowest BCUT2D eigenvalue weighted by molar-refractivity contribution is -0.128. The fraction of sp³-hybridized carbons (Fsp3) is 0.167. The maximum Gasteiger partial charge on any atom is 0.264 e. The number of hydrazone groups is 1. The standard InChI is InChI=1S/C24H21N3O2/c1-2-17-7-6-8-18(15-17)16-21(28)22-23(19-11-13-25-14-12-19)26-27(24(22)29)20-9-4-3-5-10-20/h3-15,22H,2,16H2,1H3. The Balaban J connectivity index is 1.69. The molecule has 1 atom stereocenters. The molecule has 0 spiro atoms. The van der Waals surface area contributed by atoms with Gasteiger partial charge in [0.15, 0.2) is 5.78 Å². The molecule has 1 aliphatic heterocycles. The van der Waals surface area contributed by atoms with Crippen LogP contribution in [0.4, 0.5) is 5.69 Å². The molecular formula is C24H21N3O2. The maximum absolute atomic E-state index is 13.2. The van der Waals surface area contributed by atoms with Crippen LogP contribution in [0.25, 0.3) is 0 Å². The molecule has 0 bridgehead atoms. The second-order valence-electron chi connectivity index (χ2n) is 6.96. The van der Waals surface area contributed by atoms with Gasteiger partial charge in [0.25, 0.3) is 5.91 Å². The maximum atomic E-state index is 13.2. The number of para-hydroxylation sites is 1. The van der Waals surface area contributed by atoms with Crippen molar-refractivity contribution in [2.24, 2.45) is 11.0 Å². The number of aryl methyl sites for hydroxylation is 1. The second-order valence-corrected chi connectivity index (χ2v) is 6.96. The molecule has 0 radical (unpaired) electrons. The van der Waals surface area contributed by atoms with Crippen molar-refractivity contribution in [2.75, 3.05) is 5.01 Å². The molecule has 0 saturated carbocycles. The van der Waals surface area contributed by atoms with Crippen molar-refractivity contribution in [1.82, 2.24) is 4.98 Å². The number of rotatable bonds is 6. The van der Waals surface area contributed by atoms with E-state index < -0.39 is 5.92 Å². The van der Waals surface area contributed by atoms with Crippen LogP contribution in [0.3, 0.4) is 0 Å². The van der Waals surface area contributed by atoms with Gasteiger partial charge in [0.2, 0.25) is 0 Å². The lowest BCUT2D eigenvalue weighted by Crippen LogP contribution is -2.34. The van der Waals surface area contributed by atoms with E-state index in [-0.39, 0.29) is 18.1 Å². The van der Waals surface area contributed by atoms with Gasteiger partial charge >= 0.3 is 0 Å². The van der Waals surface area contributed by atoms with Gasteiger partial charge in [0, 0.05) is 24.4 Å². The Morgan fingerprint density at radius 1 is 0.966 bits per heavy atom. The zero-order valence-electron chi connectivity index (χ0n) is 16.2. The van der Waals surface area contributed by atoms with Gasteiger partial charge in [0.05, 0.1) is 11.4 Å². The molecule has 2 aromatic carbocycles. The number of hydrogen-bond donors (Lipinski definition) is 0. The van der Waals surface area contributed by atoms with Crippen molar-refractivity contribution in [3.63, 3.8) is 0 Å². The first kappa shape index (κ1) is 18.7. The first-order valence-corrected chi connectivity index (χ1v) is 9.66. The van der Waals surface area contributed by atoms with Gasteiger partial charge < -0.3 is 0 Å². The minimum Gasteiger partial charge on any atom is -0.298 e. The van der Waals surface area contributed by atoms with E-state index in [9.17, 15) is 9.59 Å². The lowest BCUT2D eigenvalue weighted by Gasteiger charge is -2.14. The highest BCUT2D eigenvalue weighted by atomic mass is 16.2. The van der Waals surface area contributed by atoms with Gasteiger partial charge in [-0.25, -0.2) is 0 Å². The van der Waals surface area contributed by atoms with Crippen molar-refractivity contribution >= 4 is 23.1 Å². The van der Waals surface area contributed by atoms with Crippen LogP contribution in [0.15, 0.2) is 84.2 Å².